The maximum Gasteiger partial charge on any atom is 0.338 e. The van der Waals surface area contributed by atoms with Gasteiger partial charge in [0.05, 0.1) is 24.2 Å². The van der Waals surface area contributed by atoms with Crippen molar-refractivity contribution in [3.05, 3.63) is 60.2 Å². The SMILES string of the molecule is C[Si](C)(C)OCC[C@H](O)[C@H](CC(=O)O)[C@@H](COC(=O)c1ccc(-c2ccccc2)cc1)O[Si](C)(C)C. The molecule has 0 radical (unpaired) electrons. The molecule has 2 aromatic rings. The molecule has 0 aromatic heterocycles. The molecule has 2 aromatic carbocycles. The maximum absolute atomic E-state index is 12.8. The average Bonchev–Trinajstić information content (AvgIpc) is 2.79. The van der Waals surface area contributed by atoms with E-state index in [9.17, 15) is 19.8 Å². The summed E-state index contributed by atoms with van der Waals surface area (Å²) in [4.78, 5) is 24.4. The highest BCUT2D eigenvalue weighted by Crippen LogP contribution is 2.25. The van der Waals surface area contributed by atoms with Crippen LogP contribution in [0.4, 0.5) is 0 Å². The van der Waals surface area contributed by atoms with Crippen molar-refractivity contribution in [3.8, 4) is 11.1 Å². The molecule has 36 heavy (non-hydrogen) atoms. The molecule has 0 unspecified atom stereocenters. The topological polar surface area (TPSA) is 102 Å². The van der Waals surface area contributed by atoms with Crippen LogP contribution in [0.25, 0.3) is 11.1 Å². The monoisotopic (exact) mass is 532 g/mol. The van der Waals surface area contributed by atoms with E-state index in [4.69, 9.17) is 13.6 Å². The van der Waals surface area contributed by atoms with Crippen molar-refractivity contribution in [2.24, 2.45) is 5.92 Å². The predicted molar refractivity (Wildman–Crippen MR) is 146 cm³/mol. The van der Waals surface area contributed by atoms with E-state index in [-0.39, 0.29) is 19.4 Å². The van der Waals surface area contributed by atoms with E-state index in [1.165, 1.54) is 0 Å². The minimum absolute atomic E-state index is 0.145. The third kappa shape index (κ3) is 10.8. The molecule has 0 spiro atoms. The van der Waals surface area contributed by atoms with Gasteiger partial charge in [0, 0.05) is 12.5 Å². The van der Waals surface area contributed by atoms with Gasteiger partial charge in [-0.05, 0) is 69.0 Å². The second kappa shape index (κ2) is 13.3. The van der Waals surface area contributed by atoms with Crippen molar-refractivity contribution in [3.63, 3.8) is 0 Å². The van der Waals surface area contributed by atoms with Crippen LogP contribution in [-0.2, 0) is 18.4 Å². The average molecular weight is 533 g/mol. The zero-order valence-electron chi connectivity index (χ0n) is 22.2. The van der Waals surface area contributed by atoms with Crippen molar-refractivity contribution >= 4 is 28.6 Å². The molecule has 0 aliphatic heterocycles. The summed E-state index contributed by atoms with van der Waals surface area (Å²) in [6.07, 6.45) is -1.74. The first-order chi connectivity index (χ1) is 16.7. The first-order valence-electron chi connectivity index (χ1n) is 12.3. The van der Waals surface area contributed by atoms with Crippen LogP contribution in [0, 0.1) is 5.92 Å². The number of benzene rings is 2. The molecule has 0 saturated carbocycles. The largest absolute Gasteiger partial charge is 0.481 e. The smallest absolute Gasteiger partial charge is 0.338 e. The third-order valence-electron chi connectivity index (χ3n) is 5.44. The van der Waals surface area contributed by atoms with Crippen molar-refractivity contribution < 1.29 is 33.4 Å². The van der Waals surface area contributed by atoms with E-state index in [0.717, 1.165) is 11.1 Å². The minimum atomic E-state index is -2.16. The fourth-order valence-electron chi connectivity index (χ4n) is 3.79. The number of aliphatic hydroxyl groups is 1. The Bertz CT molecular complexity index is 966. The van der Waals surface area contributed by atoms with Crippen LogP contribution >= 0.6 is 0 Å². The van der Waals surface area contributed by atoms with Crippen LogP contribution in [0.2, 0.25) is 39.3 Å². The van der Waals surface area contributed by atoms with Gasteiger partial charge in [-0.3, -0.25) is 4.79 Å². The van der Waals surface area contributed by atoms with Crippen LogP contribution in [0.5, 0.6) is 0 Å². The molecule has 0 aliphatic rings. The number of carbonyl (C=O) groups is 2. The molecule has 2 rings (SSSR count). The van der Waals surface area contributed by atoms with Crippen molar-refractivity contribution in [1.29, 1.82) is 0 Å². The van der Waals surface area contributed by atoms with Crippen molar-refractivity contribution in [2.75, 3.05) is 13.2 Å². The van der Waals surface area contributed by atoms with Crippen LogP contribution < -0.4 is 0 Å². The minimum Gasteiger partial charge on any atom is -0.481 e. The van der Waals surface area contributed by atoms with E-state index in [1.807, 2.05) is 62.1 Å². The summed E-state index contributed by atoms with van der Waals surface area (Å²) in [5.41, 5.74) is 2.42. The summed E-state index contributed by atoms with van der Waals surface area (Å²) in [6, 6.07) is 17.0. The van der Waals surface area contributed by atoms with Gasteiger partial charge in [-0.2, -0.15) is 0 Å². The second-order valence-corrected chi connectivity index (χ2v) is 19.9. The van der Waals surface area contributed by atoms with E-state index < -0.39 is 46.7 Å². The van der Waals surface area contributed by atoms with Gasteiger partial charge in [-0.1, -0.05) is 42.5 Å². The lowest BCUT2D eigenvalue weighted by molar-refractivity contribution is -0.141. The van der Waals surface area contributed by atoms with Crippen LogP contribution in [0.1, 0.15) is 23.2 Å². The summed E-state index contributed by atoms with van der Waals surface area (Å²) in [7, 11) is -3.93. The van der Waals surface area contributed by atoms with Gasteiger partial charge < -0.3 is 23.8 Å². The van der Waals surface area contributed by atoms with Gasteiger partial charge in [-0.25, -0.2) is 4.79 Å². The quantitative estimate of drug-likeness (QED) is 0.247. The molecule has 0 amide bonds. The molecule has 3 atom stereocenters. The first kappa shape index (κ1) is 29.9. The van der Waals surface area contributed by atoms with Crippen LogP contribution in [0.3, 0.4) is 0 Å². The normalized spacial score (nSPS) is 14.6. The fraction of sp³-hybridized carbons (Fsp3) is 0.481. The standard InChI is InChI=1S/C27H40O7Si2/c1-35(2,3)33-17-16-24(28)23(18-26(29)30)25(34-36(4,5)6)19-32-27(31)22-14-12-21(13-15-22)20-10-8-7-9-11-20/h7-15,23-25,28H,16-19H2,1-6H3,(H,29,30)/t23-,24-,25+/m0/s1. The number of hydrogen-bond donors (Lipinski definition) is 2. The summed E-state index contributed by atoms with van der Waals surface area (Å²) >= 11 is 0. The van der Waals surface area contributed by atoms with Gasteiger partial charge in [0.1, 0.15) is 6.61 Å². The Balaban J connectivity index is 2.13. The number of carboxylic acid groups (broad SMARTS) is 1. The molecule has 7 nitrogen and oxygen atoms in total. The van der Waals surface area contributed by atoms with Gasteiger partial charge >= 0.3 is 11.9 Å². The van der Waals surface area contributed by atoms with Crippen LogP contribution in [0.15, 0.2) is 54.6 Å². The third-order valence-corrected chi connectivity index (χ3v) is 7.52. The molecule has 9 heteroatoms. The Morgan fingerprint density at radius 2 is 1.44 bits per heavy atom. The van der Waals surface area contributed by atoms with E-state index in [2.05, 4.69) is 19.6 Å². The Labute approximate surface area is 216 Å². The lowest BCUT2D eigenvalue weighted by Crippen LogP contribution is -2.45. The number of esters is 1. The molecule has 198 valence electrons. The Kier molecular flexibility index (Phi) is 11.1. The van der Waals surface area contributed by atoms with Gasteiger partial charge in [0.15, 0.2) is 16.6 Å². The van der Waals surface area contributed by atoms with E-state index in [1.54, 1.807) is 12.1 Å². The molecule has 0 aliphatic carbocycles. The predicted octanol–water partition coefficient (Wildman–Crippen LogP) is 5.42. The number of aliphatic carboxylic acids is 1. The molecule has 0 heterocycles. The molecule has 0 saturated heterocycles. The highest BCUT2D eigenvalue weighted by molar-refractivity contribution is 6.70. The Hall–Kier alpha value is -2.31. The van der Waals surface area contributed by atoms with Crippen LogP contribution in [-0.4, -0.2) is 64.2 Å². The van der Waals surface area contributed by atoms with Gasteiger partial charge in [0.25, 0.3) is 0 Å². The van der Waals surface area contributed by atoms with Crippen molar-refractivity contribution in [2.45, 2.75) is 64.3 Å². The summed E-state index contributed by atoms with van der Waals surface area (Å²) < 4.78 is 17.7. The highest BCUT2D eigenvalue weighted by atomic mass is 28.4. The summed E-state index contributed by atoms with van der Waals surface area (Å²) in [5, 5.41) is 20.4. The number of aliphatic hydroxyl groups excluding tert-OH is 1. The van der Waals surface area contributed by atoms with E-state index >= 15 is 0 Å². The Morgan fingerprint density at radius 1 is 0.861 bits per heavy atom. The lowest BCUT2D eigenvalue weighted by Gasteiger charge is -2.34. The second-order valence-electron chi connectivity index (χ2n) is 10.9. The van der Waals surface area contributed by atoms with E-state index in [0.29, 0.717) is 12.2 Å². The lowest BCUT2D eigenvalue weighted by atomic mass is 9.91. The van der Waals surface area contributed by atoms with Gasteiger partial charge in [-0.15, -0.1) is 0 Å². The number of carbonyl (C=O) groups excluding carboxylic acids is 1. The maximum atomic E-state index is 12.8. The zero-order chi connectivity index (χ0) is 26.9. The zero-order valence-corrected chi connectivity index (χ0v) is 24.2. The number of carboxylic acids is 1. The molecular formula is C27H40O7Si2. The highest BCUT2D eigenvalue weighted by Gasteiger charge is 2.35. The molecular weight excluding hydrogens is 492 g/mol. The number of ether oxygens (including phenoxy) is 1. The van der Waals surface area contributed by atoms with Crippen molar-refractivity contribution in [1.82, 2.24) is 0 Å². The molecule has 2 N–H and O–H groups in total. The number of rotatable bonds is 14. The molecule has 0 bridgehead atoms. The number of hydrogen-bond acceptors (Lipinski definition) is 6. The first-order valence-corrected chi connectivity index (χ1v) is 19.1. The van der Waals surface area contributed by atoms with Gasteiger partial charge in [0.2, 0.25) is 0 Å². The summed E-state index contributed by atoms with van der Waals surface area (Å²) in [6.45, 7) is 12.3. The Morgan fingerprint density at radius 3 is 1.97 bits per heavy atom. The summed E-state index contributed by atoms with van der Waals surface area (Å²) in [5.74, 6) is -2.31. The fourth-order valence-corrected chi connectivity index (χ4v) is 5.67. The molecule has 0 fully saturated rings.